The van der Waals surface area contributed by atoms with Crippen LogP contribution in [-0.2, 0) is 0 Å². The Morgan fingerprint density at radius 3 is 2.75 bits per heavy atom. The van der Waals surface area contributed by atoms with Crippen molar-refractivity contribution < 1.29 is 13.9 Å². The number of methoxy groups -OCH3 is 1. The van der Waals surface area contributed by atoms with Crippen LogP contribution in [0.15, 0.2) is 40.9 Å². The number of benzene rings is 2. The molecular formula is C15H13BrFNO2. The van der Waals surface area contributed by atoms with E-state index in [-0.39, 0.29) is 11.7 Å². The fourth-order valence-corrected chi connectivity index (χ4v) is 2.18. The third kappa shape index (κ3) is 2.99. The summed E-state index contributed by atoms with van der Waals surface area (Å²) in [4.78, 5) is 12.3. The second-order valence-electron chi connectivity index (χ2n) is 4.21. The number of rotatable bonds is 3. The summed E-state index contributed by atoms with van der Waals surface area (Å²) in [6, 6.07) is 9.35. The Hall–Kier alpha value is -1.88. The molecule has 0 radical (unpaired) electrons. The first kappa shape index (κ1) is 14.5. The van der Waals surface area contributed by atoms with Gasteiger partial charge in [0, 0.05) is 16.1 Å². The van der Waals surface area contributed by atoms with Crippen molar-refractivity contribution in [3.63, 3.8) is 0 Å². The van der Waals surface area contributed by atoms with Crippen LogP contribution in [0.5, 0.6) is 5.75 Å². The molecule has 3 nitrogen and oxygen atoms in total. The molecule has 0 saturated carbocycles. The number of anilines is 1. The highest BCUT2D eigenvalue weighted by Gasteiger charge is 2.13. The molecule has 0 aliphatic carbocycles. The molecule has 0 fully saturated rings. The molecule has 0 unspecified atom stereocenters. The smallest absolute Gasteiger partial charge is 0.256 e. The predicted octanol–water partition coefficient (Wildman–Crippen LogP) is 4.16. The minimum Gasteiger partial charge on any atom is -0.494 e. The van der Waals surface area contributed by atoms with Crippen molar-refractivity contribution in [1.29, 1.82) is 0 Å². The molecular weight excluding hydrogens is 325 g/mol. The number of ether oxygens (including phenoxy) is 1. The maximum atomic E-state index is 13.1. The molecule has 0 atom stereocenters. The van der Waals surface area contributed by atoms with Gasteiger partial charge in [-0.15, -0.1) is 0 Å². The van der Waals surface area contributed by atoms with E-state index >= 15 is 0 Å². The number of nitrogens with one attached hydrogen (secondary N) is 1. The summed E-state index contributed by atoms with van der Waals surface area (Å²) in [5.74, 6) is -0.404. The van der Waals surface area contributed by atoms with Gasteiger partial charge in [0.25, 0.3) is 5.91 Å². The average molecular weight is 338 g/mol. The van der Waals surface area contributed by atoms with Crippen LogP contribution in [0.25, 0.3) is 0 Å². The number of hydrogen-bond donors (Lipinski definition) is 1. The number of hydrogen-bond acceptors (Lipinski definition) is 2. The second kappa shape index (κ2) is 6.05. The minimum atomic E-state index is -0.418. The van der Waals surface area contributed by atoms with E-state index in [1.54, 1.807) is 12.1 Å². The third-order valence-electron chi connectivity index (χ3n) is 2.92. The molecule has 20 heavy (non-hydrogen) atoms. The van der Waals surface area contributed by atoms with E-state index in [0.29, 0.717) is 11.3 Å². The summed E-state index contributed by atoms with van der Waals surface area (Å²) in [7, 11) is 1.43. The molecule has 0 spiro atoms. The monoisotopic (exact) mass is 337 g/mol. The molecule has 0 heterocycles. The lowest BCUT2D eigenvalue weighted by Gasteiger charge is -2.12. The number of carbonyl (C=O) groups is 1. The van der Waals surface area contributed by atoms with Crippen LogP contribution in [-0.4, -0.2) is 13.0 Å². The Balaban J connectivity index is 2.30. The topological polar surface area (TPSA) is 38.3 Å². The molecule has 2 aromatic rings. The summed E-state index contributed by atoms with van der Waals surface area (Å²) in [5, 5.41) is 2.72. The van der Waals surface area contributed by atoms with Crippen molar-refractivity contribution in [2.45, 2.75) is 6.92 Å². The Labute approximate surface area is 124 Å². The molecule has 0 bridgehead atoms. The molecule has 2 aromatic carbocycles. The van der Waals surface area contributed by atoms with Gasteiger partial charge in [-0.05, 0) is 36.8 Å². The predicted molar refractivity (Wildman–Crippen MR) is 79.8 cm³/mol. The highest BCUT2D eigenvalue weighted by Crippen LogP contribution is 2.26. The quantitative estimate of drug-likeness (QED) is 0.913. The number of amides is 1. The van der Waals surface area contributed by atoms with Crippen LogP contribution in [0.1, 0.15) is 15.9 Å². The Morgan fingerprint density at radius 1 is 1.30 bits per heavy atom. The van der Waals surface area contributed by atoms with Crippen molar-refractivity contribution in [2.75, 3.05) is 12.4 Å². The van der Waals surface area contributed by atoms with Gasteiger partial charge < -0.3 is 10.1 Å². The summed E-state index contributed by atoms with van der Waals surface area (Å²) in [6.45, 7) is 1.85. The van der Waals surface area contributed by atoms with Gasteiger partial charge >= 0.3 is 0 Å². The average Bonchev–Trinajstić information content (AvgIpc) is 2.43. The molecule has 0 aliphatic heterocycles. The van der Waals surface area contributed by atoms with Crippen LogP contribution in [0, 0.1) is 12.7 Å². The van der Waals surface area contributed by atoms with E-state index in [2.05, 4.69) is 21.2 Å². The van der Waals surface area contributed by atoms with Crippen LogP contribution < -0.4 is 10.1 Å². The molecule has 1 amide bonds. The summed E-state index contributed by atoms with van der Waals surface area (Å²) in [5.41, 5.74) is 1.81. The normalized spacial score (nSPS) is 10.2. The van der Waals surface area contributed by atoms with E-state index in [4.69, 9.17) is 4.74 Å². The summed E-state index contributed by atoms with van der Waals surface area (Å²) in [6.07, 6.45) is 0. The van der Waals surface area contributed by atoms with E-state index in [1.165, 1.54) is 25.3 Å². The van der Waals surface area contributed by atoms with Gasteiger partial charge in [0.2, 0.25) is 0 Å². The largest absolute Gasteiger partial charge is 0.494 e. The Kier molecular flexibility index (Phi) is 4.39. The first-order chi connectivity index (χ1) is 9.52. The maximum Gasteiger partial charge on any atom is 0.256 e. The van der Waals surface area contributed by atoms with Gasteiger partial charge in [0.05, 0.1) is 12.8 Å². The second-order valence-corrected chi connectivity index (χ2v) is 5.07. The van der Waals surface area contributed by atoms with Crippen molar-refractivity contribution >= 4 is 27.5 Å². The van der Waals surface area contributed by atoms with Gasteiger partial charge in [0.1, 0.15) is 11.6 Å². The van der Waals surface area contributed by atoms with E-state index in [1.807, 2.05) is 13.0 Å². The highest BCUT2D eigenvalue weighted by atomic mass is 79.9. The fraction of sp³-hybridized carbons (Fsp3) is 0.133. The van der Waals surface area contributed by atoms with Gasteiger partial charge in [-0.1, -0.05) is 22.0 Å². The molecule has 1 N–H and O–H groups in total. The number of carbonyl (C=O) groups excluding carboxylic acids is 1. The van der Waals surface area contributed by atoms with Crippen LogP contribution in [0.3, 0.4) is 0 Å². The lowest BCUT2D eigenvalue weighted by atomic mass is 10.1. The first-order valence-electron chi connectivity index (χ1n) is 5.93. The first-order valence-corrected chi connectivity index (χ1v) is 6.72. The molecule has 104 valence electrons. The zero-order chi connectivity index (χ0) is 14.7. The van der Waals surface area contributed by atoms with Gasteiger partial charge in [-0.25, -0.2) is 4.39 Å². The molecule has 0 saturated heterocycles. The lowest BCUT2D eigenvalue weighted by Crippen LogP contribution is -2.14. The van der Waals surface area contributed by atoms with Crippen LogP contribution >= 0.6 is 15.9 Å². The molecule has 0 aromatic heterocycles. The van der Waals surface area contributed by atoms with Crippen molar-refractivity contribution in [3.8, 4) is 5.75 Å². The number of halogens is 2. The molecule has 2 rings (SSSR count). The van der Waals surface area contributed by atoms with Gasteiger partial charge in [-0.3, -0.25) is 4.79 Å². The SMILES string of the molecule is COc1cc(F)ccc1NC(=O)c1cccc(Br)c1C. The highest BCUT2D eigenvalue weighted by molar-refractivity contribution is 9.10. The van der Waals surface area contributed by atoms with Crippen LogP contribution in [0.4, 0.5) is 10.1 Å². The summed E-state index contributed by atoms with van der Waals surface area (Å²) >= 11 is 3.38. The minimum absolute atomic E-state index is 0.270. The van der Waals surface area contributed by atoms with E-state index in [9.17, 15) is 9.18 Å². The van der Waals surface area contributed by atoms with Crippen molar-refractivity contribution in [3.05, 3.63) is 57.8 Å². The zero-order valence-corrected chi connectivity index (χ0v) is 12.6. The Bertz CT molecular complexity index is 658. The maximum absolute atomic E-state index is 13.1. The fourth-order valence-electron chi connectivity index (χ4n) is 1.81. The van der Waals surface area contributed by atoms with Gasteiger partial charge in [-0.2, -0.15) is 0 Å². The third-order valence-corrected chi connectivity index (χ3v) is 3.78. The zero-order valence-electron chi connectivity index (χ0n) is 11.0. The lowest BCUT2D eigenvalue weighted by molar-refractivity contribution is 0.102. The van der Waals surface area contributed by atoms with Crippen molar-refractivity contribution in [1.82, 2.24) is 0 Å². The molecule has 0 aliphatic rings. The van der Waals surface area contributed by atoms with E-state index < -0.39 is 5.82 Å². The van der Waals surface area contributed by atoms with E-state index in [0.717, 1.165) is 10.0 Å². The molecule has 5 heteroatoms. The Morgan fingerprint density at radius 2 is 2.05 bits per heavy atom. The van der Waals surface area contributed by atoms with Crippen LogP contribution in [0.2, 0.25) is 0 Å². The standard InChI is InChI=1S/C15H13BrFNO2/c1-9-11(4-3-5-12(9)16)15(19)18-13-7-6-10(17)8-14(13)20-2/h3-8H,1-2H3,(H,18,19). The van der Waals surface area contributed by atoms with Crippen molar-refractivity contribution in [2.24, 2.45) is 0 Å². The summed E-state index contributed by atoms with van der Waals surface area (Å²) < 4.78 is 19.0. The van der Waals surface area contributed by atoms with Gasteiger partial charge in [0.15, 0.2) is 0 Å².